The summed E-state index contributed by atoms with van der Waals surface area (Å²) in [6.07, 6.45) is 8.26. The van der Waals surface area contributed by atoms with Crippen LogP contribution >= 0.6 is 12.4 Å². The number of fused-ring (bicyclic) bond motifs is 1. The van der Waals surface area contributed by atoms with Crippen molar-refractivity contribution in [2.45, 2.75) is 37.8 Å². The van der Waals surface area contributed by atoms with Gasteiger partial charge >= 0.3 is 0 Å². The zero-order valence-corrected chi connectivity index (χ0v) is 18.2. The van der Waals surface area contributed by atoms with E-state index >= 15 is 0 Å². The topological polar surface area (TPSA) is 56.3 Å². The molecule has 0 bridgehead atoms. The van der Waals surface area contributed by atoms with Crippen LogP contribution in [-0.2, 0) is 13.5 Å². The largest absolute Gasteiger partial charge is 0.497 e. The summed E-state index contributed by atoms with van der Waals surface area (Å²) in [5, 5.41) is 1.28. The molecule has 2 aromatic heterocycles. The Kier molecular flexibility index (Phi) is 6.83. The molecule has 0 aliphatic carbocycles. The highest BCUT2D eigenvalue weighted by molar-refractivity contribution is 5.85. The third-order valence-electron chi connectivity index (χ3n) is 6.25. The van der Waals surface area contributed by atoms with Crippen LogP contribution in [0.25, 0.3) is 10.9 Å². The number of halogens is 1. The maximum atomic E-state index is 6.60. The Labute approximate surface area is 179 Å². The fourth-order valence-corrected chi connectivity index (χ4v) is 4.45. The Morgan fingerprint density at radius 1 is 1.21 bits per heavy atom. The second-order valence-electron chi connectivity index (χ2n) is 8.05. The number of likely N-dealkylation sites (tertiary alicyclic amines) is 1. The minimum atomic E-state index is 0. The van der Waals surface area contributed by atoms with Crippen molar-refractivity contribution in [2.75, 3.05) is 20.2 Å². The van der Waals surface area contributed by atoms with Gasteiger partial charge in [-0.3, -0.25) is 9.88 Å². The molecule has 2 N–H and O–H groups in total. The lowest BCUT2D eigenvalue weighted by Crippen LogP contribution is -2.34. The van der Waals surface area contributed by atoms with E-state index in [0.29, 0.717) is 12.0 Å². The Bertz CT molecular complexity index is 940. The predicted octanol–water partition coefficient (Wildman–Crippen LogP) is 3.75. The number of nitrogens with two attached hydrogens (primary N) is 1. The Balaban J connectivity index is 0.00000240. The lowest BCUT2D eigenvalue weighted by molar-refractivity contribution is 0.242. The lowest BCUT2D eigenvalue weighted by atomic mass is 9.95. The molecule has 1 saturated heterocycles. The van der Waals surface area contributed by atoms with Crippen LogP contribution in [0.4, 0.5) is 0 Å². The number of hydrogen-bond acceptors (Lipinski definition) is 4. The summed E-state index contributed by atoms with van der Waals surface area (Å²) >= 11 is 0. The molecule has 1 aliphatic rings. The minimum Gasteiger partial charge on any atom is -0.497 e. The van der Waals surface area contributed by atoms with Crippen molar-refractivity contribution in [1.82, 2.24) is 14.5 Å². The molecule has 5 nitrogen and oxygen atoms in total. The molecule has 6 heteroatoms. The molecular formula is C23H31ClN4O. The molecule has 4 rings (SSSR count). The number of aromatic nitrogens is 2. The third-order valence-corrected chi connectivity index (χ3v) is 6.25. The molecule has 0 saturated carbocycles. The number of hydrogen-bond donors (Lipinski definition) is 1. The molecule has 1 aromatic carbocycles. The van der Waals surface area contributed by atoms with Gasteiger partial charge in [0, 0.05) is 55.9 Å². The third kappa shape index (κ3) is 4.42. The number of pyridine rings is 1. The van der Waals surface area contributed by atoms with Gasteiger partial charge in [0.2, 0.25) is 0 Å². The normalized spacial score (nSPS) is 20.6. The van der Waals surface area contributed by atoms with Gasteiger partial charge in [0.1, 0.15) is 5.75 Å². The van der Waals surface area contributed by atoms with Gasteiger partial charge in [-0.15, -0.1) is 12.4 Å². The average Bonchev–Trinajstić information content (AvgIpc) is 3.27. The number of aryl methyl sites for hydroxylation is 2. The first-order chi connectivity index (χ1) is 13.6. The SMILES string of the molecule is COc1ccc(CCC(C)N2CC(N)C(c3cn(C)c4cnccc34)C2)cc1.Cl. The van der Waals surface area contributed by atoms with Gasteiger partial charge in [0.05, 0.1) is 18.8 Å². The van der Waals surface area contributed by atoms with Gasteiger partial charge in [0.15, 0.2) is 0 Å². The number of benzene rings is 1. The van der Waals surface area contributed by atoms with Crippen LogP contribution in [0.2, 0.25) is 0 Å². The van der Waals surface area contributed by atoms with Crippen LogP contribution in [0.15, 0.2) is 48.9 Å². The second kappa shape index (κ2) is 9.16. The first-order valence-electron chi connectivity index (χ1n) is 10.1. The number of methoxy groups -OCH3 is 1. The van der Waals surface area contributed by atoms with Crippen molar-refractivity contribution in [3.63, 3.8) is 0 Å². The predicted molar refractivity (Wildman–Crippen MR) is 121 cm³/mol. The van der Waals surface area contributed by atoms with Gasteiger partial charge in [-0.25, -0.2) is 0 Å². The van der Waals surface area contributed by atoms with Crippen molar-refractivity contribution in [3.8, 4) is 5.75 Å². The first-order valence-corrected chi connectivity index (χ1v) is 10.1. The maximum absolute atomic E-state index is 6.60. The molecule has 0 radical (unpaired) electrons. The van der Waals surface area contributed by atoms with Crippen LogP contribution in [0.1, 0.15) is 30.4 Å². The zero-order valence-electron chi connectivity index (χ0n) is 17.4. The van der Waals surface area contributed by atoms with E-state index in [2.05, 4.69) is 52.8 Å². The van der Waals surface area contributed by atoms with E-state index in [-0.39, 0.29) is 18.4 Å². The molecule has 1 aliphatic heterocycles. The van der Waals surface area contributed by atoms with E-state index < -0.39 is 0 Å². The monoisotopic (exact) mass is 414 g/mol. The Morgan fingerprint density at radius 3 is 2.69 bits per heavy atom. The van der Waals surface area contributed by atoms with Crippen molar-refractivity contribution >= 4 is 23.3 Å². The van der Waals surface area contributed by atoms with Crippen LogP contribution in [0.5, 0.6) is 5.75 Å². The summed E-state index contributed by atoms with van der Waals surface area (Å²) in [5.74, 6) is 1.28. The summed E-state index contributed by atoms with van der Waals surface area (Å²) in [5.41, 5.74) is 10.5. The summed E-state index contributed by atoms with van der Waals surface area (Å²) in [6.45, 7) is 4.30. The highest BCUT2D eigenvalue weighted by Gasteiger charge is 2.34. The van der Waals surface area contributed by atoms with E-state index in [1.54, 1.807) is 7.11 Å². The van der Waals surface area contributed by atoms with Crippen molar-refractivity contribution < 1.29 is 4.74 Å². The Hall–Kier alpha value is -2.08. The van der Waals surface area contributed by atoms with Crippen molar-refractivity contribution in [1.29, 1.82) is 0 Å². The van der Waals surface area contributed by atoms with Gasteiger partial charge in [0.25, 0.3) is 0 Å². The van der Waals surface area contributed by atoms with E-state index in [1.165, 1.54) is 22.0 Å². The average molecular weight is 415 g/mol. The molecule has 3 heterocycles. The fraction of sp³-hybridized carbons (Fsp3) is 0.435. The van der Waals surface area contributed by atoms with Gasteiger partial charge in [-0.1, -0.05) is 12.1 Å². The first kappa shape index (κ1) is 21.6. The van der Waals surface area contributed by atoms with E-state index in [1.807, 2.05) is 24.5 Å². The molecule has 1 fully saturated rings. The quantitative estimate of drug-likeness (QED) is 0.667. The van der Waals surface area contributed by atoms with Gasteiger partial charge in [-0.05, 0) is 49.1 Å². The zero-order chi connectivity index (χ0) is 19.7. The van der Waals surface area contributed by atoms with E-state index in [0.717, 1.165) is 31.7 Å². The highest BCUT2D eigenvalue weighted by Crippen LogP contribution is 2.34. The lowest BCUT2D eigenvalue weighted by Gasteiger charge is -2.24. The Morgan fingerprint density at radius 2 is 1.97 bits per heavy atom. The fourth-order valence-electron chi connectivity index (χ4n) is 4.45. The number of nitrogens with zero attached hydrogens (tertiary/aromatic N) is 3. The van der Waals surface area contributed by atoms with Crippen LogP contribution < -0.4 is 10.5 Å². The van der Waals surface area contributed by atoms with Gasteiger partial charge in [-0.2, -0.15) is 0 Å². The summed E-state index contributed by atoms with van der Waals surface area (Å²) in [4.78, 5) is 6.82. The maximum Gasteiger partial charge on any atom is 0.118 e. The molecule has 156 valence electrons. The van der Waals surface area contributed by atoms with Crippen LogP contribution in [-0.4, -0.2) is 46.7 Å². The van der Waals surface area contributed by atoms with Crippen molar-refractivity contribution in [2.24, 2.45) is 12.8 Å². The smallest absolute Gasteiger partial charge is 0.118 e. The molecule has 0 spiro atoms. The highest BCUT2D eigenvalue weighted by atomic mass is 35.5. The van der Waals surface area contributed by atoms with Crippen LogP contribution in [0, 0.1) is 0 Å². The molecule has 3 aromatic rings. The molecular weight excluding hydrogens is 384 g/mol. The number of rotatable bonds is 6. The number of ether oxygens (including phenoxy) is 1. The minimum absolute atomic E-state index is 0. The summed E-state index contributed by atoms with van der Waals surface area (Å²) in [6, 6.07) is 11.2. The second-order valence-corrected chi connectivity index (χ2v) is 8.05. The molecule has 3 unspecified atom stereocenters. The molecule has 3 atom stereocenters. The molecule has 0 amide bonds. The van der Waals surface area contributed by atoms with Crippen molar-refractivity contribution in [3.05, 3.63) is 60.0 Å². The summed E-state index contributed by atoms with van der Waals surface area (Å²) < 4.78 is 7.41. The van der Waals surface area contributed by atoms with Gasteiger partial charge < -0.3 is 15.0 Å². The molecule has 29 heavy (non-hydrogen) atoms. The summed E-state index contributed by atoms with van der Waals surface area (Å²) in [7, 11) is 3.79. The van der Waals surface area contributed by atoms with E-state index in [9.17, 15) is 0 Å². The van der Waals surface area contributed by atoms with E-state index in [4.69, 9.17) is 10.5 Å². The van der Waals surface area contributed by atoms with Crippen LogP contribution in [0.3, 0.4) is 0 Å². The standard InChI is InChI=1S/C23H30N4O.ClH/c1-16(4-5-17-6-8-18(28-3)9-7-17)27-14-21(22(24)15-27)20-13-26(2)23-12-25-11-10-19(20)23;/h6-13,16,21-22H,4-5,14-15,24H2,1-3H3;1H.